The summed E-state index contributed by atoms with van der Waals surface area (Å²) in [5.41, 5.74) is 70.1. The highest BCUT2D eigenvalue weighted by atomic mass is 35.5. The van der Waals surface area contributed by atoms with Crippen molar-refractivity contribution in [3.63, 3.8) is 0 Å². The minimum Gasteiger partial charge on any atom is -0.497 e. The molecule has 0 aliphatic carbocycles. The first-order chi connectivity index (χ1) is 70.0. The predicted molar refractivity (Wildman–Crippen MR) is 599 cm³/mol. The highest BCUT2D eigenvalue weighted by Gasteiger charge is 2.18. The first-order valence-electron chi connectivity index (χ1n) is 46.6. The number of nitrogen functional groups attached to an aromatic ring is 5. The van der Waals surface area contributed by atoms with Crippen LogP contribution in [-0.2, 0) is 19.6 Å². The van der Waals surface area contributed by atoms with E-state index in [4.69, 9.17) is 66.7 Å². The molecule has 28 nitrogen and oxygen atoms in total. The molecule has 12 aromatic carbocycles. The van der Waals surface area contributed by atoms with Gasteiger partial charge >= 0.3 is 0 Å². The number of rotatable bonds is 6. The third-order valence-corrected chi connectivity index (χ3v) is 24.3. The molecular weight excluding hydrogens is 1860 g/mol. The number of nitrogens with one attached hydrogen (secondary N) is 4. The Morgan fingerprint density at radius 1 is 0.452 bits per heavy atom. The Morgan fingerprint density at radius 2 is 1.04 bits per heavy atom. The number of pyridine rings is 2. The zero-order valence-corrected chi connectivity index (χ0v) is 86.0. The number of carbonyl (C=O) groups excluding carboxylic acids is 3. The second-order valence-corrected chi connectivity index (χ2v) is 36.6. The molecule has 0 bridgehead atoms. The number of aliphatic imine (C=N–C) groups is 1. The summed E-state index contributed by atoms with van der Waals surface area (Å²) in [7, 11) is 1.69. The standard InChI is InChI=1S/C15H17NO.C11H10N2O.C10H10N2.3C9H9N3.C9H10N2.C9H9NO.C9H9N.C8H8N2O.C8H9NO.C6H7ClS.C4H6N2/c1-12-8-9-15(17-2)10-13(12)11-16-14-6-4-3-5-7-14;1-7-4-9-6-13-3-2-8(9)5-10(7)11(12)14;1-7-2-3-8-4-5-12-10(11)9(8)6-7;1-6-2-3-8-7(4-6)9(10)12-5-11-8;1-6-2-3-8-7(4-6)5-11-12-9(8)10;1-6-2-3-7-5-11-12-9(10)8(7)4-6;1-6-2-3-7-5-11-9(10)8(7)4-6;1-6-2-3-7-5-10-9(11)8(7)4-6;1-7-2-3-9-8(6-7)4-5-10-9;1-5-2-3-7-6(4-5)8(9)10-11-7;1-6-4-2-3-5-7(6)8(9)10;1-4-3-6(7)8-5(4)2;1-4-2-5-6-3-4/h3-10,16H,11H2,1-2H3;2-6H,1H3,(H2,12,14);2-6H,1H3,(H2,11,12);2-5H,1H3,(H2,10,11,12);2*2-5H,1H3,(H2,10,12);2-4H,5H2,1H3,(H2,10,11);2-4H,5H2,1H3,(H,10,11);2-6,10H,1H3;2-4H,1H3,(H2,9,10);2-5H,1H3,(H2,9,10);3H,1-2H3;2-3H,1H3,(H,5,6). The summed E-state index contributed by atoms with van der Waals surface area (Å²) in [6.45, 7) is 30.5. The van der Waals surface area contributed by atoms with Crippen LogP contribution in [0, 0.1) is 96.9 Å². The number of hydrogen-bond donors (Lipinski definition) is 12. The number of aryl methyl sites for hydroxylation is 14. The monoisotopic (exact) mass is 1980 g/mol. The first kappa shape index (κ1) is 109. The van der Waals surface area contributed by atoms with E-state index < -0.39 is 0 Å². The minimum absolute atomic E-state index is 0.0590. The van der Waals surface area contributed by atoms with Gasteiger partial charge in [0.1, 0.15) is 29.5 Å². The van der Waals surface area contributed by atoms with Crippen molar-refractivity contribution >= 4 is 157 Å². The molecule has 3 amide bonds. The van der Waals surface area contributed by atoms with E-state index in [0.717, 1.165) is 133 Å². The highest BCUT2D eigenvalue weighted by Crippen LogP contribution is 2.29. The van der Waals surface area contributed by atoms with Crippen LogP contribution in [0.25, 0.3) is 75.9 Å². The van der Waals surface area contributed by atoms with Crippen molar-refractivity contribution < 1.29 is 23.6 Å². The smallest absolute Gasteiger partial charge is 0.251 e. The number of amides is 3. The Bertz CT molecular complexity index is 7820. The third-order valence-electron chi connectivity index (χ3n) is 23.0. The van der Waals surface area contributed by atoms with E-state index in [1.165, 1.54) is 83.3 Å². The molecule has 20 N–H and O–H groups in total. The van der Waals surface area contributed by atoms with Crippen molar-refractivity contribution in [3.8, 4) is 5.75 Å². The van der Waals surface area contributed by atoms with Gasteiger partial charge in [-0.05, 0) is 291 Å². The number of hydrogen-bond acceptors (Lipinski definition) is 24. The molecule has 0 radical (unpaired) electrons. The van der Waals surface area contributed by atoms with E-state index in [0.29, 0.717) is 52.6 Å². The molecule has 0 saturated carbocycles. The lowest BCUT2D eigenvalue weighted by atomic mass is 10.0. The number of methoxy groups -OCH3 is 1. The van der Waals surface area contributed by atoms with Crippen molar-refractivity contribution in [2.75, 3.05) is 41.1 Å². The molecule has 11 heterocycles. The number of para-hydroxylation sites is 1. The largest absolute Gasteiger partial charge is 0.497 e. The number of carbonyl (C=O) groups is 3. The number of aromatic amines is 2. The fourth-order valence-electron chi connectivity index (χ4n) is 14.8. The van der Waals surface area contributed by atoms with Gasteiger partial charge in [-0.25, -0.2) is 15.0 Å². The lowest BCUT2D eigenvalue weighted by Gasteiger charge is -2.10. The molecule has 2 aliphatic heterocycles. The average molecular weight is 1990 g/mol. The maximum atomic E-state index is 11.1. The Morgan fingerprint density at radius 3 is 1.68 bits per heavy atom. The number of nitrogens with zero attached hydrogens (tertiary/aromatic N) is 11. The fourth-order valence-corrected chi connectivity index (χ4v) is 16.0. The highest BCUT2D eigenvalue weighted by molar-refractivity contribution is 7.16. The van der Waals surface area contributed by atoms with E-state index in [-0.39, 0.29) is 17.7 Å². The predicted octanol–water partition coefficient (Wildman–Crippen LogP) is 23.4. The van der Waals surface area contributed by atoms with Gasteiger partial charge in [-0.3, -0.25) is 29.5 Å². The van der Waals surface area contributed by atoms with E-state index in [9.17, 15) is 14.4 Å². The number of anilines is 6. The quantitative estimate of drug-likeness (QED) is 0.0735. The molecule has 9 aromatic heterocycles. The topological polar surface area (TPSA) is 479 Å². The fraction of sp³-hybridized carbons (Fsp3) is 0.155. The third kappa shape index (κ3) is 32.1. The van der Waals surface area contributed by atoms with Gasteiger partial charge in [0.05, 0.1) is 47.5 Å². The van der Waals surface area contributed by atoms with E-state index in [1.54, 1.807) is 73.8 Å². The second kappa shape index (κ2) is 53.1. The zero-order chi connectivity index (χ0) is 105. The molecule has 30 heteroatoms. The molecule has 0 atom stereocenters. The summed E-state index contributed by atoms with van der Waals surface area (Å²) in [6, 6.07) is 83.8. The summed E-state index contributed by atoms with van der Waals surface area (Å²) in [6.07, 6.45) is 15.7. The number of fused-ring (bicyclic) bond motifs is 9. The molecule has 744 valence electrons. The van der Waals surface area contributed by atoms with Gasteiger partial charge in [-0.2, -0.15) is 15.3 Å². The van der Waals surface area contributed by atoms with Gasteiger partial charge < -0.3 is 70.7 Å². The Hall–Kier alpha value is -17.8. The lowest BCUT2D eigenvalue weighted by Crippen LogP contribution is -2.12. The van der Waals surface area contributed by atoms with Gasteiger partial charge in [-0.1, -0.05) is 183 Å². The Labute approximate surface area is 858 Å². The molecule has 2 aliphatic rings. The van der Waals surface area contributed by atoms with Crippen molar-refractivity contribution in [1.29, 1.82) is 0 Å². The molecule has 23 rings (SSSR count). The molecule has 0 saturated heterocycles. The van der Waals surface area contributed by atoms with Gasteiger partial charge in [0.2, 0.25) is 11.8 Å². The number of nitrogens with two attached hydrogens (primary N) is 8. The van der Waals surface area contributed by atoms with E-state index in [1.807, 2.05) is 226 Å². The minimum atomic E-state index is -0.388. The Kier molecular flexibility index (Phi) is 39.5. The van der Waals surface area contributed by atoms with Crippen molar-refractivity contribution in [3.05, 3.63) is 431 Å². The number of benzene rings is 12. The number of thiophene rings is 1. The van der Waals surface area contributed by atoms with E-state index in [2.05, 4.69) is 196 Å². The van der Waals surface area contributed by atoms with Gasteiger partial charge in [-0.15, -0.1) is 21.5 Å². The van der Waals surface area contributed by atoms with E-state index >= 15 is 0 Å². The van der Waals surface area contributed by atoms with Crippen LogP contribution in [0.2, 0.25) is 4.34 Å². The van der Waals surface area contributed by atoms with Crippen LogP contribution in [0.5, 0.6) is 5.75 Å². The maximum absolute atomic E-state index is 11.1. The summed E-state index contributed by atoms with van der Waals surface area (Å²) in [5.74, 6) is 3.50. The summed E-state index contributed by atoms with van der Waals surface area (Å²) < 4.78 is 11.1. The van der Waals surface area contributed by atoms with Gasteiger partial charge in [0, 0.05) is 120 Å². The molecular formula is C116H122ClN23O5S. The van der Waals surface area contributed by atoms with Crippen LogP contribution in [0.15, 0.2) is 320 Å². The molecule has 0 fully saturated rings. The molecule has 21 aromatic rings. The normalized spacial score (nSPS) is 10.8. The Balaban J connectivity index is 0.000000151. The summed E-state index contributed by atoms with van der Waals surface area (Å²) >= 11 is 7.32. The van der Waals surface area contributed by atoms with Crippen LogP contribution in [0.3, 0.4) is 0 Å². The van der Waals surface area contributed by atoms with Crippen LogP contribution in [0.1, 0.15) is 131 Å². The number of primary amides is 2. The summed E-state index contributed by atoms with van der Waals surface area (Å²) in [5, 5.41) is 42.6. The maximum Gasteiger partial charge on any atom is 0.251 e. The lowest BCUT2D eigenvalue weighted by molar-refractivity contribution is 0.0962. The van der Waals surface area contributed by atoms with Gasteiger partial charge in [0.15, 0.2) is 23.0 Å². The first-order valence-corrected chi connectivity index (χ1v) is 47.8. The van der Waals surface area contributed by atoms with Crippen LogP contribution < -0.4 is 61.2 Å². The second-order valence-electron chi connectivity index (χ2n) is 34.7. The molecule has 0 unspecified atom stereocenters. The van der Waals surface area contributed by atoms with Crippen molar-refractivity contribution in [2.45, 2.75) is 117 Å². The van der Waals surface area contributed by atoms with Crippen LogP contribution in [-0.4, -0.2) is 91.3 Å². The number of amidine groups is 1. The number of ether oxygens (including phenoxy) is 1. The van der Waals surface area contributed by atoms with Gasteiger partial charge in [0.25, 0.3) is 5.91 Å². The zero-order valence-electron chi connectivity index (χ0n) is 84.4. The van der Waals surface area contributed by atoms with Crippen LogP contribution >= 0.6 is 22.9 Å². The molecule has 0 spiro atoms. The average Bonchev–Trinajstić information content (AvgIpc) is 1.82. The number of aromatic nitrogens is 12. The van der Waals surface area contributed by atoms with Crippen LogP contribution in [0.4, 0.5) is 34.8 Å². The molecule has 146 heavy (non-hydrogen) atoms. The van der Waals surface area contributed by atoms with Crippen molar-refractivity contribution in [2.24, 2.45) is 22.2 Å². The SMILES string of the molecule is COc1ccc(C)c(CNc2ccccc2)c1.Cc1cc(Cl)sc1C.Cc1cc2cnccc2cc1C(N)=O.Cc1ccc2[nH]ccc2c1.Cc1ccc2c(N)nncc2c1.Cc1ccc2c(c1)C(=O)NC2.Cc1ccc2c(c1)C(N)=NC2.Cc1ccc2ccnc(N)c2c1.Cc1ccc2cnnc(N)c2c1.Cc1ccc2ncnc(N)c2c1.Cc1ccc2onc(N)c2c1.Cc1ccccc1C(N)=O.Cc1cn[nH]c1. The van der Waals surface area contributed by atoms with Crippen molar-refractivity contribution in [1.82, 2.24) is 66.0 Å². The number of H-pyrrole nitrogens is 2. The number of halogens is 1. The summed E-state index contributed by atoms with van der Waals surface area (Å²) in [4.78, 5) is 57.5.